The van der Waals surface area contributed by atoms with Gasteiger partial charge in [-0.3, -0.25) is 23.9 Å². The molecule has 3 aromatic heterocycles. The lowest BCUT2D eigenvalue weighted by molar-refractivity contribution is -0.128. The van der Waals surface area contributed by atoms with Crippen LogP contribution in [0.4, 0.5) is 20.2 Å². The molecule has 0 unspecified atom stereocenters. The molecule has 1 saturated heterocycles. The second-order valence-corrected chi connectivity index (χ2v) is 11.6. The van der Waals surface area contributed by atoms with Gasteiger partial charge in [-0.1, -0.05) is 26.5 Å². The van der Waals surface area contributed by atoms with Crippen molar-refractivity contribution in [3.05, 3.63) is 82.4 Å². The first-order valence-electron chi connectivity index (χ1n) is 15.1. The monoisotopic (exact) mass is 628 g/mol. The Bertz CT molecular complexity index is 1990. The van der Waals surface area contributed by atoms with Gasteiger partial charge in [-0.15, -0.1) is 0 Å². The Morgan fingerprint density at radius 2 is 1.89 bits per heavy atom. The van der Waals surface area contributed by atoms with Crippen molar-refractivity contribution in [3.63, 3.8) is 0 Å². The molecule has 0 radical (unpaired) electrons. The van der Waals surface area contributed by atoms with E-state index in [1.807, 2.05) is 20.8 Å². The predicted octanol–water partition coefficient (Wildman–Crippen LogP) is 4.74. The fourth-order valence-corrected chi connectivity index (χ4v) is 6.56. The van der Waals surface area contributed by atoms with Crippen LogP contribution >= 0.6 is 0 Å². The highest BCUT2D eigenvalue weighted by Gasteiger charge is 2.45. The summed E-state index contributed by atoms with van der Waals surface area (Å²) in [5.74, 6) is -2.30. The van der Waals surface area contributed by atoms with Gasteiger partial charge in [-0.25, -0.2) is 13.8 Å². The highest BCUT2D eigenvalue weighted by molar-refractivity contribution is 6.12. The third kappa shape index (κ3) is 4.62. The molecule has 0 spiro atoms. The Labute approximate surface area is 264 Å². The van der Waals surface area contributed by atoms with Gasteiger partial charge in [-0.2, -0.15) is 0 Å². The summed E-state index contributed by atoms with van der Waals surface area (Å²) in [5.41, 5.74) is 1.16. The number of hydrogen-bond acceptors (Lipinski definition) is 7. The molecule has 0 N–H and O–H groups in total. The molecule has 1 atom stereocenters. The maximum absolute atomic E-state index is 16.3. The second kappa shape index (κ2) is 11.7. The minimum Gasteiger partial charge on any atom is -0.496 e. The maximum atomic E-state index is 16.3. The SMILES string of the molecule is C=CC(=O)N1CCN2c3c(c(=O)n(-c4c(C)ccnc4C(C)C)c4nc(-c5c(F)cccc5OC)c(F)cc34)N(CC)C(=O)[C@H]2C1. The average Bonchev–Trinajstić information content (AvgIpc) is 3.04. The van der Waals surface area contributed by atoms with Gasteiger partial charge in [-0.05, 0) is 55.7 Å². The van der Waals surface area contributed by atoms with Crippen LogP contribution in [-0.2, 0) is 9.59 Å². The van der Waals surface area contributed by atoms with Crippen LogP contribution in [-0.4, -0.2) is 70.6 Å². The van der Waals surface area contributed by atoms with Crippen molar-refractivity contribution in [2.45, 2.75) is 39.7 Å². The molecular formula is C34H34F2N6O4. The molecule has 12 heteroatoms. The van der Waals surface area contributed by atoms with E-state index in [9.17, 15) is 14.4 Å². The van der Waals surface area contributed by atoms with E-state index in [2.05, 4.69) is 11.6 Å². The van der Waals surface area contributed by atoms with Crippen LogP contribution in [0.15, 0.2) is 54.0 Å². The molecule has 2 amide bonds. The Morgan fingerprint density at radius 3 is 2.57 bits per heavy atom. The summed E-state index contributed by atoms with van der Waals surface area (Å²) in [5, 5.41) is 0.253. The van der Waals surface area contributed by atoms with Crippen LogP contribution in [0.3, 0.4) is 0 Å². The largest absolute Gasteiger partial charge is 0.496 e. The van der Waals surface area contributed by atoms with Crippen LogP contribution < -0.4 is 20.1 Å². The molecule has 1 fully saturated rings. The Kier molecular flexibility index (Phi) is 7.83. The van der Waals surface area contributed by atoms with E-state index in [-0.39, 0.29) is 77.6 Å². The van der Waals surface area contributed by atoms with Crippen molar-refractivity contribution in [3.8, 4) is 22.7 Å². The number of amides is 2. The first kappa shape index (κ1) is 30.9. The average molecular weight is 629 g/mol. The highest BCUT2D eigenvalue weighted by atomic mass is 19.1. The minimum absolute atomic E-state index is 0.0594. The fourth-order valence-electron chi connectivity index (χ4n) is 6.56. The summed E-state index contributed by atoms with van der Waals surface area (Å²) in [6.45, 7) is 11.7. The smallest absolute Gasteiger partial charge is 0.283 e. The van der Waals surface area contributed by atoms with Gasteiger partial charge in [0.25, 0.3) is 11.5 Å². The fraction of sp³-hybridized carbons (Fsp3) is 0.324. The summed E-state index contributed by atoms with van der Waals surface area (Å²) < 4.78 is 38.4. The zero-order valence-electron chi connectivity index (χ0n) is 26.3. The number of pyridine rings is 3. The maximum Gasteiger partial charge on any atom is 0.283 e. The molecule has 0 aliphatic carbocycles. The number of hydrogen-bond donors (Lipinski definition) is 0. The molecule has 5 heterocycles. The van der Waals surface area contributed by atoms with Crippen LogP contribution in [0.25, 0.3) is 28.0 Å². The topological polar surface area (TPSA) is 101 Å². The number of likely N-dealkylation sites (N-methyl/N-ethyl adjacent to an activating group) is 1. The number of ether oxygens (including phenoxy) is 1. The van der Waals surface area contributed by atoms with E-state index in [1.165, 1.54) is 51.8 Å². The zero-order valence-corrected chi connectivity index (χ0v) is 26.3. The summed E-state index contributed by atoms with van der Waals surface area (Å²) in [4.78, 5) is 55.4. The quantitative estimate of drug-likeness (QED) is 0.285. The van der Waals surface area contributed by atoms with Crippen molar-refractivity contribution >= 4 is 34.2 Å². The van der Waals surface area contributed by atoms with Crippen LogP contribution in [0.5, 0.6) is 5.75 Å². The lowest BCUT2D eigenvalue weighted by atomic mass is 9.99. The van der Waals surface area contributed by atoms with Crippen molar-refractivity contribution < 1.29 is 23.1 Å². The number of aromatic nitrogens is 3. The highest BCUT2D eigenvalue weighted by Crippen LogP contribution is 2.43. The Balaban J connectivity index is 1.77. The molecular weight excluding hydrogens is 594 g/mol. The molecule has 10 nitrogen and oxygen atoms in total. The van der Waals surface area contributed by atoms with E-state index < -0.39 is 23.2 Å². The minimum atomic E-state index is -0.840. The molecule has 0 saturated carbocycles. The number of piperazine rings is 1. The number of nitrogens with zero attached hydrogens (tertiary/aromatic N) is 6. The lowest BCUT2D eigenvalue weighted by Crippen LogP contribution is -2.64. The summed E-state index contributed by atoms with van der Waals surface area (Å²) in [7, 11) is 1.35. The second-order valence-electron chi connectivity index (χ2n) is 11.6. The third-order valence-corrected chi connectivity index (χ3v) is 8.70. The number of methoxy groups -OCH3 is 1. The molecule has 6 rings (SSSR count). The summed E-state index contributed by atoms with van der Waals surface area (Å²) >= 11 is 0. The van der Waals surface area contributed by atoms with E-state index in [0.717, 1.165) is 0 Å². The van der Waals surface area contributed by atoms with Crippen molar-refractivity contribution in [2.24, 2.45) is 0 Å². The van der Waals surface area contributed by atoms with Gasteiger partial charge >= 0.3 is 0 Å². The molecule has 238 valence electrons. The number of fused-ring (bicyclic) bond motifs is 5. The standard InChI is InChI=1S/C34H34F2N6O4/c1-7-25(43)39-14-15-41-23(17-39)33(44)40(8-2)31-30(41)20-16-22(36)28(26-21(35)10-9-11-24(26)46-6)38-32(20)42(34(31)45)29-19(5)12-13-37-27(29)18(3)4/h7,9-13,16,18,23H,1,8,14-15,17H2,2-6H3/t23-/m1/s1. The first-order valence-corrected chi connectivity index (χ1v) is 15.1. The molecule has 0 bridgehead atoms. The number of benzene rings is 1. The van der Waals surface area contributed by atoms with E-state index >= 15 is 8.78 Å². The number of carbonyl (C=O) groups excluding carboxylic acids is 2. The van der Waals surface area contributed by atoms with Gasteiger partial charge < -0.3 is 19.4 Å². The molecule has 1 aromatic carbocycles. The molecule has 2 aliphatic heterocycles. The lowest BCUT2D eigenvalue weighted by Gasteiger charge is -2.48. The number of rotatable bonds is 6. The number of aryl methyl sites for hydroxylation is 1. The van der Waals surface area contributed by atoms with Gasteiger partial charge in [0.1, 0.15) is 29.0 Å². The van der Waals surface area contributed by atoms with E-state index in [0.29, 0.717) is 22.6 Å². The number of anilines is 2. The Hall–Kier alpha value is -5.13. The van der Waals surface area contributed by atoms with Crippen molar-refractivity contribution in [2.75, 3.05) is 43.1 Å². The summed E-state index contributed by atoms with van der Waals surface area (Å²) in [6, 6.07) is 6.31. The number of halogens is 2. The number of carbonyl (C=O) groups is 2. The molecule has 2 aliphatic rings. The molecule has 4 aromatic rings. The zero-order chi connectivity index (χ0) is 33.0. The third-order valence-electron chi connectivity index (χ3n) is 8.70. The van der Waals surface area contributed by atoms with Crippen molar-refractivity contribution in [1.29, 1.82) is 0 Å². The van der Waals surface area contributed by atoms with E-state index in [4.69, 9.17) is 9.72 Å². The van der Waals surface area contributed by atoms with Crippen LogP contribution in [0.1, 0.15) is 37.9 Å². The van der Waals surface area contributed by atoms with Gasteiger partial charge in [0, 0.05) is 31.2 Å². The van der Waals surface area contributed by atoms with E-state index in [1.54, 1.807) is 24.1 Å². The van der Waals surface area contributed by atoms with Gasteiger partial charge in [0.15, 0.2) is 11.5 Å². The van der Waals surface area contributed by atoms with Gasteiger partial charge in [0.05, 0.1) is 36.3 Å². The Morgan fingerprint density at radius 1 is 1.13 bits per heavy atom. The predicted molar refractivity (Wildman–Crippen MR) is 172 cm³/mol. The normalized spacial score (nSPS) is 16.1. The van der Waals surface area contributed by atoms with Gasteiger partial charge in [0.2, 0.25) is 5.91 Å². The van der Waals surface area contributed by atoms with Crippen LogP contribution in [0.2, 0.25) is 0 Å². The van der Waals surface area contributed by atoms with Crippen LogP contribution in [0, 0.1) is 18.6 Å². The van der Waals surface area contributed by atoms with Crippen molar-refractivity contribution in [1.82, 2.24) is 19.4 Å². The summed E-state index contributed by atoms with van der Waals surface area (Å²) in [6.07, 6.45) is 2.85. The molecule has 46 heavy (non-hydrogen) atoms. The first-order chi connectivity index (χ1) is 22.0.